The lowest BCUT2D eigenvalue weighted by atomic mass is 10.0. The highest BCUT2D eigenvalue weighted by molar-refractivity contribution is 6.35. The third-order valence-electron chi connectivity index (χ3n) is 3.12. The van der Waals surface area contributed by atoms with E-state index in [4.69, 9.17) is 23.2 Å². The molecule has 0 saturated heterocycles. The van der Waals surface area contributed by atoms with E-state index in [1.807, 2.05) is 0 Å². The van der Waals surface area contributed by atoms with Crippen molar-refractivity contribution in [3.8, 4) is 16.9 Å². The van der Waals surface area contributed by atoms with Gasteiger partial charge in [-0.25, -0.2) is 0 Å². The summed E-state index contributed by atoms with van der Waals surface area (Å²) in [4.78, 5) is 0. The minimum absolute atomic E-state index is 0.139. The third kappa shape index (κ3) is 2.89. The van der Waals surface area contributed by atoms with Crippen LogP contribution >= 0.6 is 23.2 Å². The van der Waals surface area contributed by atoms with Gasteiger partial charge >= 0.3 is 6.36 Å². The van der Waals surface area contributed by atoms with Gasteiger partial charge in [-0.3, -0.25) is 0 Å². The molecule has 0 atom stereocenters. The van der Waals surface area contributed by atoms with Gasteiger partial charge in [0.2, 0.25) is 0 Å². The predicted molar refractivity (Wildman–Crippen MR) is 80.7 cm³/mol. The first-order chi connectivity index (χ1) is 10.3. The number of anilines is 2. The van der Waals surface area contributed by atoms with Crippen LogP contribution in [0.25, 0.3) is 11.1 Å². The summed E-state index contributed by atoms with van der Waals surface area (Å²) in [7, 11) is 0. The number of hydrogen-bond donors (Lipinski definition) is 2. The van der Waals surface area contributed by atoms with Crippen LogP contribution in [0, 0.1) is 0 Å². The zero-order valence-electron chi connectivity index (χ0n) is 10.9. The fourth-order valence-electron chi connectivity index (χ4n) is 2.29. The zero-order valence-corrected chi connectivity index (χ0v) is 12.4. The lowest BCUT2D eigenvalue weighted by Crippen LogP contribution is -2.17. The van der Waals surface area contributed by atoms with E-state index in [2.05, 4.69) is 15.4 Å². The van der Waals surface area contributed by atoms with Crippen molar-refractivity contribution in [2.24, 2.45) is 0 Å². The number of hydrogen-bond acceptors (Lipinski definition) is 3. The monoisotopic (exact) mass is 348 g/mol. The lowest BCUT2D eigenvalue weighted by Gasteiger charge is -2.15. The standard InChI is InChI=1S/C14H9Cl2F3N2O/c15-8-2-1-3-11(22-14(17,18)19)12(8)7-4-9(16)13-10(5-7)20-6-21-13/h1-5,20-21H,6H2. The molecule has 1 heterocycles. The van der Waals surface area contributed by atoms with Crippen molar-refractivity contribution in [3.63, 3.8) is 0 Å². The van der Waals surface area contributed by atoms with Gasteiger partial charge < -0.3 is 15.4 Å². The van der Waals surface area contributed by atoms with E-state index in [9.17, 15) is 13.2 Å². The second-order valence-electron chi connectivity index (χ2n) is 4.57. The smallest absolute Gasteiger partial charge is 0.405 e. The first-order valence-electron chi connectivity index (χ1n) is 6.21. The SMILES string of the molecule is FC(F)(F)Oc1cccc(Cl)c1-c1cc(Cl)c2c(c1)NCN2. The van der Waals surface area contributed by atoms with E-state index in [0.29, 0.717) is 28.6 Å². The molecule has 1 aliphatic heterocycles. The van der Waals surface area contributed by atoms with Gasteiger partial charge in [0.05, 0.1) is 28.1 Å². The molecule has 0 saturated carbocycles. The molecule has 2 aromatic rings. The number of ether oxygens (including phenoxy) is 1. The minimum Gasteiger partial charge on any atom is -0.405 e. The maximum Gasteiger partial charge on any atom is 0.573 e. The van der Waals surface area contributed by atoms with Gasteiger partial charge in [0.25, 0.3) is 0 Å². The van der Waals surface area contributed by atoms with Crippen molar-refractivity contribution >= 4 is 34.6 Å². The molecule has 3 rings (SSSR count). The molecule has 2 N–H and O–H groups in total. The summed E-state index contributed by atoms with van der Waals surface area (Å²) < 4.78 is 41.7. The molecule has 116 valence electrons. The normalized spacial score (nSPS) is 13.3. The number of fused-ring (bicyclic) bond motifs is 1. The number of alkyl halides is 3. The average Bonchev–Trinajstić information content (AvgIpc) is 2.85. The van der Waals surface area contributed by atoms with Crippen molar-refractivity contribution in [2.75, 3.05) is 17.3 Å². The van der Waals surface area contributed by atoms with E-state index >= 15 is 0 Å². The van der Waals surface area contributed by atoms with Crippen LogP contribution in [0.4, 0.5) is 24.5 Å². The molecule has 0 bridgehead atoms. The molecule has 3 nitrogen and oxygen atoms in total. The van der Waals surface area contributed by atoms with Crippen molar-refractivity contribution in [1.29, 1.82) is 0 Å². The topological polar surface area (TPSA) is 33.3 Å². The molecule has 8 heteroatoms. The summed E-state index contributed by atoms with van der Waals surface area (Å²) in [5, 5.41) is 6.59. The average molecular weight is 349 g/mol. The number of halogens is 5. The van der Waals surface area contributed by atoms with Crippen molar-refractivity contribution in [2.45, 2.75) is 6.36 Å². The fourth-order valence-corrected chi connectivity index (χ4v) is 2.85. The quantitative estimate of drug-likeness (QED) is 0.766. The Hall–Kier alpha value is -1.79. The van der Waals surface area contributed by atoms with Crippen molar-refractivity contribution in [3.05, 3.63) is 40.4 Å². The summed E-state index contributed by atoms with van der Waals surface area (Å²) >= 11 is 12.2. The van der Waals surface area contributed by atoms with Crippen LogP contribution in [0.3, 0.4) is 0 Å². The molecule has 0 spiro atoms. The van der Waals surface area contributed by atoms with E-state index in [-0.39, 0.29) is 16.3 Å². The van der Waals surface area contributed by atoms with Crippen molar-refractivity contribution in [1.82, 2.24) is 0 Å². The molecular formula is C14H9Cl2F3N2O. The van der Waals surface area contributed by atoms with Gasteiger partial charge in [-0.2, -0.15) is 0 Å². The molecule has 22 heavy (non-hydrogen) atoms. The maximum absolute atomic E-state index is 12.6. The van der Waals surface area contributed by atoms with Crippen LogP contribution in [0.1, 0.15) is 0 Å². The predicted octanol–water partition coefficient (Wildman–Crippen LogP) is 5.35. The highest BCUT2D eigenvalue weighted by Gasteiger charge is 2.33. The molecule has 0 aromatic heterocycles. The van der Waals surface area contributed by atoms with Crippen LogP contribution < -0.4 is 15.4 Å². The first-order valence-corrected chi connectivity index (χ1v) is 6.96. The van der Waals surface area contributed by atoms with Gasteiger partial charge in [-0.05, 0) is 29.8 Å². The third-order valence-corrected chi connectivity index (χ3v) is 3.74. The summed E-state index contributed by atoms with van der Waals surface area (Å²) in [6.45, 7) is 0.493. The fraction of sp³-hybridized carbons (Fsp3) is 0.143. The van der Waals surface area contributed by atoms with Crippen LogP contribution in [-0.4, -0.2) is 13.0 Å². The first kappa shape index (κ1) is 15.1. The second kappa shape index (κ2) is 5.44. The summed E-state index contributed by atoms with van der Waals surface area (Å²) in [6.07, 6.45) is -4.81. The maximum atomic E-state index is 12.6. The number of nitrogens with one attached hydrogen (secondary N) is 2. The van der Waals surface area contributed by atoms with E-state index in [0.717, 1.165) is 0 Å². The van der Waals surface area contributed by atoms with Crippen LogP contribution in [0.2, 0.25) is 10.0 Å². The largest absolute Gasteiger partial charge is 0.573 e. The molecule has 0 aliphatic carbocycles. The minimum atomic E-state index is -4.81. The number of rotatable bonds is 2. The Bertz CT molecular complexity index is 735. The van der Waals surface area contributed by atoms with E-state index in [1.54, 1.807) is 12.1 Å². The van der Waals surface area contributed by atoms with Crippen LogP contribution in [0.15, 0.2) is 30.3 Å². The Morgan fingerprint density at radius 2 is 1.82 bits per heavy atom. The van der Waals surface area contributed by atoms with E-state index < -0.39 is 6.36 Å². The molecule has 0 unspecified atom stereocenters. The lowest BCUT2D eigenvalue weighted by molar-refractivity contribution is -0.274. The summed E-state index contributed by atoms with van der Waals surface area (Å²) in [5.74, 6) is -0.373. The second-order valence-corrected chi connectivity index (χ2v) is 5.39. The Balaban J connectivity index is 2.14. The van der Waals surface area contributed by atoms with Crippen LogP contribution in [0.5, 0.6) is 5.75 Å². The van der Waals surface area contributed by atoms with Crippen LogP contribution in [-0.2, 0) is 0 Å². The number of benzene rings is 2. The Morgan fingerprint density at radius 3 is 2.55 bits per heavy atom. The molecular weight excluding hydrogens is 340 g/mol. The zero-order chi connectivity index (χ0) is 15.9. The van der Waals surface area contributed by atoms with E-state index in [1.165, 1.54) is 18.2 Å². The molecule has 1 aliphatic rings. The van der Waals surface area contributed by atoms with Crippen molar-refractivity contribution < 1.29 is 17.9 Å². The highest BCUT2D eigenvalue weighted by atomic mass is 35.5. The Labute approximate surface area is 134 Å². The van der Waals surface area contributed by atoms with Gasteiger partial charge in [-0.15, -0.1) is 13.2 Å². The van der Waals surface area contributed by atoms with Gasteiger partial charge in [-0.1, -0.05) is 29.3 Å². The summed E-state index contributed by atoms with van der Waals surface area (Å²) in [5.41, 5.74) is 1.97. The molecule has 2 aromatic carbocycles. The van der Waals surface area contributed by atoms with Gasteiger partial charge in [0.1, 0.15) is 5.75 Å². The molecule has 0 radical (unpaired) electrons. The van der Waals surface area contributed by atoms with Gasteiger partial charge in [0, 0.05) is 5.56 Å². The Morgan fingerprint density at radius 1 is 1.05 bits per heavy atom. The van der Waals surface area contributed by atoms with Gasteiger partial charge in [0.15, 0.2) is 0 Å². The summed E-state index contributed by atoms with van der Waals surface area (Å²) in [6, 6.07) is 7.31. The Kier molecular flexibility index (Phi) is 3.74. The highest BCUT2D eigenvalue weighted by Crippen LogP contribution is 2.44. The molecule has 0 fully saturated rings. The molecule has 0 amide bonds.